The summed E-state index contributed by atoms with van der Waals surface area (Å²) in [4.78, 5) is 11.9. The normalized spacial score (nSPS) is 11.2. The van der Waals surface area contributed by atoms with E-state index in [0.29, 0.717) is 17.2 Å². The molecule has 9 nitrogen and oxygen atoms in total. The minimum absolute atomic E-state index is 0.0433. The quantitative estimate of drug-likeness (QED) is 0.556. The van der Waals surface area contributed by atoms with Crippen LogP contribution in [0.1, 0.15) is 0 Å². The van der Waals surface area contributed by atoms with Crippen molar-refractivity contribution in [1.82, 2.24) is 14.9 Å². The molecule has 3 aromatic rings. The average Bonchev–Trinajstić information content (AvgIpc) is 3.14. The van der Waals surface area contributed by atoms with Crippen molar-refractivity contribution in [2.75, 3.05) is 30.7 Å². The summed E-state index contributed by atoms with van der Waals surface area (Å²) >= 11 is 0. The first kappa shape index (κ1) is 19.5. The predicted molar refractivity (Wildman–Crippen MR) is 104 cm³/mol. The largest absolute Gasteiger partial charge is 0.493 e. The zero-order valence-corrected chi connectivity index (χ0v) is 16.0. The van der Waals surface area contributed by atoms with Crippen molar-refractivity contribution in [3.8, 4) is 11.5 Å². The SMILES string of the molecule is COc1ccccc1OCC(=O)NCCS(=O)(=O)Nc1ccn2nccc2c1. The van der Waals surface area contributed by atoms with Crippen molar-refractivity contribution >= 4 is 27.1 Å². The highest BCUT2D eigenvalue weighted by Gasteiger charge is 2.12. The zero-order valence-electron chi connectivity index (χ0n) is 15.2. The van der Waals surface area contributed by atoms with Crippen LogP contribution in [0.2, 0.25) is 0 Å². The molecule has 2 N–H and O–H groups in total. The number of pyridine rings is 1. The molecule has 0 unspecified atom stereocenters. The topological polar surface area (TPSA) is 111 Å². The Hall–Kier alpha value is -3.27. The number of ether oxygens (including phenoxy) is 2. The third-order valence-electron chi connectivity index (χ3n) is 3.79. The molecule has 148 valence electrons. The van der Waals surface area contributed by atoms with Crippen molar-refractivity contribution in [2.24, 2.45) is 0 Å². The van der Waals surface area contributed by atoms with Crippen LogP contribution in [0.25, 0.3) is 5.52 Å². The molecule has 0 radical (unpaired) electrons. The molecule has 0 spiro atoms. The zero-order chi connectivity index (χ0) is 20.0. The van der Waals surface area contributed by atoms with Gasteiger partial charge in [-0.2, -0.15) is 5.10 Å². The highest BCUT2D eigenvalue weighted by molar-refractivity contribution is 7.92. The number of nitrogens with zero attached hydrogens (tertiary/aromatic N) is 2. The molecule has 0 saturated heterocycles. The number of rotatable bonds is 9. The first-order valence-electron chi connectivity index (χ1n) is 8.43. The molecule has 2 aromatic heterocycles. The molecule has 2 heterocycles. The number of benzene rings is 1. The number of anilines is 1. The van der Waals surface area contributed by atoms with Crippen molar-refractivity contribution in [3.63, 3.8) is 0 Å². The second-order valence-electron chi connectivity index (χ2n) is 5.83. The highest BCUT2D eigenvalue weighted by Crippen LogP contribution is 2.25. The Kier molecular flexibility index (Phi) is 5.99. The van der Waals surface area contributed by atoms with E-state index in [2.05, 4.69) is 15.1 Å². The average molecular weight is 404 g/mol. The fourth-order valence-electron chi connectivity index (χ4n) is 2.47. The molecule has 0 aliphatic carbocycles. The number of fused-ring (bicyclic) bond motifs is 1. The lowest BCUT2D eigenvalue weighted by Gasteiger charge is -2.11. The summed E-state index contributed by atoms with van der Waals surface area (Å²) in [6, 6.07) is 12.0. The van der Waals surface area contributed by atoms with E-state index in [9.17, 15) is 13.2 Å². The molecular formula is C18H20N4O5S. The van der Waals surface area contributed by atoms with Gasteiger partial charge in [-0.15, -0.1) is 0 Å². The number of para-hydroxylation sites is 2. The van der Waals surface area contributed by atoms with Gasteiger partial charge in [0.05, 0.1) is 24.1 Å². The summed E-state index contributed by atoms with van der Waals surface area (Å²) in [7, 11) is -2.11. The minimum atomic E-state index is -3.61. The molecule has 1 aromatic carbocycles. The molecule has 0 bridgehead atoms. The maximum atomic E-state index is 12.2. The molecule has 0 fully saturated rings. The van der Waals surface area contributed by atoms with Gasteiger partial charge < -0.3 is 14.8 Å². The van der Waals surface area contributed by atoms with Gasteiger partial charge in [0.15, 0.2) is 18.1 Å². The van der Waals surface area contributed by atoms with E-state index >= 15 is 0 Å². The van der Waals surface area contributed by atoms with Crippen LogP contribution >= 0.6 is 0 Å². The smallest absolute Gasteiger partial charge is 0.257 e. The molecule has 0 saturated carbocycles. The van der Waals surface area contributed by atoms with Crippen LogP contribution in [-0.4, -0.2) is 50.0 Å². The molecule has 1 amide bonds. The van der Waals surface area contributed by atoms with E-state index in [0.717, 1.165) is 5.52 Å². The summed E-state index contributed by atoms with van der Waals surface area (Å²) in [6.45, 7) is -0.288. The summed E-state index contributed by atoms with van der Waals surface area (Å²) in [5, 5.41) is 6.57. The monoisotopic (exact) mass is 404 g/mol. The van der Waals surface area contributed by atoms with Crippen LogP contribution < -0.4 is 19.5 Å². The van der Waals surface area contributed by atoms with Gasteiger partial charge >= 0.3 is 0 Å². The Morgan fingerprint density at radius 2 is 1.96 bits per heavy atom. The van der Waals surface area contributed by atoms with Crippen molar-refractivity contribution in [3.05, 3.63) is 54.9 Å². The summed E-state index contributed by atoms with van der Waals surface area (Å²) in [5.41, 5.74) is 1.20. The number of hydrogen-bond acceptors (Lipinski definition) is 6. The number of aromatic nitrogens is 2. The van der Waals surface area contributed by atoms with Gasteiger partial charge in [0.2, 0.25) is 10.0 Å². The molecule has 3 rings (SSSR count). The van der Waals surface area contributed by atoms with E-state index in [-0.39, 0.29) is 18.9 Å². The number of carbonyl (C=O) groups excluding carboxylic acids is 1. The van der Waals surface area contributed by atoms with Crippen LogP contribution in [0.3, 0.4) is 0 Å². The van der Waals surface area contributed by atoms with Crippen molar-refractivity contribution in [1.29, 1.82) is 0 Å². The summed E-state index contributed by atoms with van der Waals surface area (Å²) in [5.74, 6) is 0.251. The standard InChI is InChI=1S/C18H20N4O5S/c1-26-16-4-2-3-5-17(16)27-13-18(23)19-9-11-28(24,25)21-14-7-10-22-15(12-14)6-8-20-22/h2-8,10,12,21H,9,11,13H2,1H3,(H,19,23). The maximum absolute atomic E-state index is 12.2. The highest BCUT2D eigenvalue weighted by atomic mass is 32.2. The predicted octanol–water partition coefficient (Wildman–Crippen LogP) is 1.28. The summed E-state index contributed by atoms with van der Waals surface area (Å²) < 4.78 is 39.0. The van der Waals surface area contributed by atoms with Crippen LogP contribution in [0, 0.1) is 0 Å². The second kappa shape index (κ2) is 8.61. The van der Waals surface area contributed by atoms with Gasteiger partial charge in [0, 0.05) is 18.9 Å². The minimum Gasteiger partial charge on any atom is -0.493 e. The van der Waals surface area contributed by atoms with E-state index in [1.807, 2.05) is 0 Å². The lowest BCUT2D eigenvalue weighted by atomic mass is 10.3. The number of sulfonamides is 1. The van der Waals surface area contributed by atoms with Crippen LogP contribution in [-0.2, 0) is 14.8 Å². The Morgan fingerprint density at radius 1 is 1.18 bits per heavy atom. The first-order chi connectivity index (χ1) is 13.5. The van der Waals surface area contributed by atoms with Crippen LogP contribution in [0.15, 0.2) is 54.9 Å². The Morgan fingerprint density at radius 3 is 2.75 bits per heavy atom. The Balaban J connectivity index is 1.45. The molecule has 28 heavy (non-hydrogen) atoms. The molecule has 0 aliphatic rings. The number of carbonyl (C=O) groups is 1. The van der Waals surface area contributed by atoms with Gasteiger partial charge in [0.1, 0.15) is 0 Å². The van der Waals surface area contributed by atoms with E-state index < -0.39 is 15.9 Å². The Bertz CT molecular complexity index is 1060. The van der Waals surface area contributed by atoms with Gasteiger partial charge in [-0.1, -0.05) is 12.1 Å². The lowest BCUT2D eigenvalue weighted by Crippen LogP contribution is -2.34. The van der Waals surface area contributed by atoms with Crippen molar-refractivity contribution < 1.29 is 22.7 Å². The lowest BCUT2D eigenvalue weighted by molar-refractivity contribution is -0.122. The molecule has 0 atom stereocenters. The number of nitrogens with one attached hydrogen (secondary N) is 2. The number of methoxy groups -OCH3 is 1. The Labute approximate surface area is 162 Å². The third kappa shape index (κ3) is 5.13. The van der Waals surface area contributed by atoms with Gasteiger partial charge in [-0.3, -0.25) is 9.52 Å². The molecule has 0 aliphatic heterocycles. The maximum Gasteiger partial charge on any atom is 0.257 e. The van der Waals surface area contributed by atoms with Gasteiger partial charge in [-0.05, 0) is 30.3 Å². The number of amides is 1. The van der Waals surface area contributed by atoms with Gasteiger partial charge in [-0.25, -0.2) is 12.9 Å². The third-order valence-corrected chi connectivity index (χ3v) is 5.08. The van der Waals surface area contributed by atoms with Crippen LogP contribution in [0.5, 0.6) is 11.5 Å². The van der Waals surface area contributed by atoms with Crippen molar-refractivity contribution in [2.45, 2.75) is 0 Å². The second-order valence-corrected chi connectivity index (χ2v) is 7.67. The van der Waals surface area contributed by atoms with E-state index in [1.54, 1.807) is 59.4 Å². The van der Waals surface area contributed by atoms with E-state index in [1.165, 1.54) is 7.11 Å². The fourth-order valence-corrected chi connectivity index (χ4v) is 3.43. The summed E-state index contributed by atoms with van der Waals surface area (Å²) in [6.07, 6.45) is 3.28. The van der Waals surface area contributed by atoms with Gasteiger partial charge in [0.25, 0.3) is 5.91 Å². The first-order valence-corrected chi connectivity index (χ1v) is 10.1. The number of hydrogen-bond donors (Lipinski definition) is 2. The fraction of sp³-hybridized carbons (Fsp3) is 0.222. The molecule has 10 heteroatoms. The van der Waals surface area contributed by atoms with E-state index in [4.69, 9.17) is 9.47 Å². The van der Waals surface area contributed by atoms with Crippen LogP contribution in [0.4, 0.5) is 5.69 Å². The molecular weight excluding hydrogens is 384 g/mol.